The summed E-state index contributed by atoms with van der Waals surface area (Å²) in [5.74, 6) is -0.358. The molecule has 6 heteroatoms. The predicted molar refractivity (Wildman–Crippen MR) is 56.4 cm³/mol. The summed E-state index contributed by atoms with van der Waals surface area (Å²) in [6, 6.07) is 5.74. The molecule has 0 radical (unpaired) electrons. The van der Waals surface area contributed by atoms with Crippen LogP contribution in [0.3, 0.4) is 0 Å². The quantitative estimate of drug-likeness (QED) is 0.362. The van der Waals surface area contributed by atoms with Gasteiger partial charge < -0.3 is 14.1 Å². The number of hydrogen-bond donors (Lipinski definition) is 1. The van der Waals surface area contributed by atoms with Crippen molar-refractivity contribution in [1.82, 2.24) is 0 Å². The fourth-order valence-electron chi connectivity index (χ4n) is 1.01. The molecule has 16 heavy (non-hydrogen) atoms. The van der Waals surface area contributed by atoms with Gasteiger partial charge in [0.2, 0.25) is 0 Å². The first-order valence-electron chi connectivity index (χ1n) is 4.48. The van der Waals surface area contributed by atoms with E-state index in [2.05, 4.69) is 0 Å². The molecule has 1 aromatic carbocycles. The Morgan fingerprint density at radius 2 is 2.25 bits per heavy atom. The number of rotatable bonds is 5. The van der Waals surface area contributed by atoms with Crippen LogP contribution in [-0.2, 0) is 20.7 Å². The van der Waals surface area contributed by atoms with Crippen molar-refractivity contribution < 1.29 is 23.1 Å². The van der Waals surface area contributed by atoms with Crippen LogP contribution in [0.1, 0.15) is 12.8 Å². The Morgan fingerprint density at radius 1 is 1.50 bits per heavy atom. The lowest BCUT2D eigenvalue weighted by Crippen LogP contribution is -2.07. The summed E-state index contributed by atoms with van der Waals surface area (Å²) in [6.45, 7) is 0. The molecule has 1 N–H and O–H groups in total. The van der Waals surface area contributed by atoms with Crippen LogP contribution in [0.15, 0.2) is 29.2 Å². The molecule has 0 aromatic heterocycles. The van der Waals surface area contributed by atoms with Crippen LogP contribution in [0.25, 0.3) is 0 Å². The number of benzene rings is 1. The van der Waals surface area contributed by atoms with E-state index in [-0.39, 0.29) is 23.5 Å². The monoisotopic (exact) mass is 242 g/mol. The number of hydrogen-bond acceptors (Lipinski definition) is 4. The van der Waals surface area contributed by atoms with Crippen molar-refractivity contribution in [2.75, 3.05) is 0 Å². The fraction of sp³-hybridized carbons (Fsp3) is 0.200. The van der Waals surface area contributed by atoms with Crippen LogP contribution in [0, 0.1) is 0 Å². The molecule has 5 nitrogen and oxygen atoms in total. The Bertz CT molecular complexity index is 415. The predicted octanol–water partition coefficient (Wildman–Crippen LogP) is 1.15. The van der Waals surface area contributed by atoms with Gasteiger partial charge in [-0.05, 0) is 18.2 Å². The third-order valence-corrected chi connectivity index (χ3v) is 2.36. The number of aldehydes is 1. The standard InChI is InChI=1S/C10H10O5S/c11-6-2-5-10(12)15-8-3-1-4-9(7-8)16(13)14/h1,3-4,6-7H,2,5H2,(H,13,14). The van der Waals surface area contributed by atoms with Gasteiger partial charge in [-0.1, -0.05) is 6.07 Å². The minimum Gasteiger partial charge on any atom is -0.426 e. The molecule has 1 unspecified atom stereocenters. The number of carbonyl (C=O) groups excluding carboxylic acids is 2. The van der Waals surface area contributed by atoms with E-state index in [0.717, 1.165) is 0 Å². The van der Waals surface area contributed by atoms with E-state index >= 15 is 0 Å². The minimum atomic E-state index is -2.11. The van der Waals surface area contributed by atoms with Gasteiger partial charge in [-0.15, -0.1) is 0 Å². The van der Waals surface area contributed by atoms with E-state index < -0.39 is 17.0 Å². The van der Waals surface area contributed by atoms with E-state index in [1.165, 1.54) is 24.3 Å². The summed E-state index contributed by atoms with van der Waals surface area (Å²) in [4.78, 5) is 21.3. The maximum absolute atomic E-state index is 11.1. The lowest BCUT2D eigenvalue weighted by atomic mass is 10.3. The third kappa shape index (κ3) is 3.92. The number of carbonyl (C=O) groups is 2. The molecule has 0 saturated carbocycles. The number of esters is 1. The zero-order valence-corrected chi connectivity index (χ0v) is 9.11. The van der Waals surface area contributed by atoms with Gasteiger partial charge in [0.15, 0.2) is 11.1 Å². The molecule has 1 aromatic rings. The molecule has 0 aliphatic carbocycles. The highest BCUT2D eigenvalue weighted by atomic mass is 32.2. The zero-order chi connectivity index (χ0) is 12.0. The summed E-state index contributed by atoms with van der Waals surface area (Å²) in [6.07, 6.45) is 0.723. The van der Waals surface area contributed by atoms with Crippen LogP contribution in [0.5, 0.6) is 5.75 Å². The van der Waals surface area contributed by atoms with Gasteiger partial charge in [-0.3, -0.25) is 4.79 Å². The van der Waals surface area contributed by atoms with Gasteiger partial charge in [0.1, 0.15) is 12.0 Å². The lowest BCUT2D eigenvalue weighted by molar-refractivity contribution is -0.135. The van der Waals surface area contributed by atoms with Crippen molar-refractivity contribution >= 4 is 23.3 Å². The fourth-order valence-corrected chi connectivity index (χ4v) is 1.42. The normalized spacial score (nSPS) is 11.8. The first kappa shape index (κ1) is 12.5. The minimum absolute atomic E-state index is 0.00403. The summed E-state index contributed by atoms with van der Waals surface area (Å²) in [7, 11) is 0. The molecule has 0 aliphatic heterocycles. The lowest BCUT2D eigenvalue weighted by Gasteiger charge is -2.03. The molecule has 0 heterocycles. The second-order valence-corrected chi connectivity index (χ2v) is 3.87. The van der Waals surface area contributed by atoms with Crippen LogP contribution in [0.2, 0.25) is 0 Å². The molecule has 86 valence electrons. The molecule has 1 atom stereocenters. The van der Waals surface area contributed by atoms with Gasteiger partial charge in [0.05, 0.1) is 11.3 Å². The summed E-state index contributed by atoms with van der Waals surface area (Å²) >= 11 is -2.11. The second-order valence-electron chi connectivity index (χ2n) is 2.90. The molecular formula is C10H10O5S. The average molecular weight is 242 g/mol. The van der Waals surface area contributed by atoms with Gasteiger partial charge in [-0.25, -0.2) is 4.21 Å². The molecule has 0 saturated heterocycles. The third-order valence-electron chi connectivity index (χ3n) is 1.71. The highest BCUT2D eigenvalue weighted by Gasteiger charge is 2.06. The largest absolute Gasteiger partial charge is 0.426 e. The van der Waals surface area contributed by atoms with Gasteiger partial charge in [-0.2, -0.15) is 0 Å². The molecule has 1 rings (SSSR count). The summed E-state index contributed by atoms with van der Waals surface area (Å²) in [5, 5.41) is 0. The smallest absolute Gasteiger partial charge is 0.311 e. The van der Waals surface area contributed by atoms with E-state index in [0.29, 0.717) is 6.29 Å². The van der Waals surface area contributed by atoms with Gasteiger partial charge >= 0.3 is 5.97 Å². The maximum Gasteiger partial charge on any atom is 0.311 e. The highest BCUT2D eigenvalue weighted by Crippen LogP contribution is 2.16. The second kappa shape index (κ2) is 6.14. The molecule has 0 bridgehead atoms. The van der Waals surface area contributed by atoms with E-state index in [4.69, 9.17) is 9.29 Å². The Balaban J connectivity index is 2.66. The SMILES string of the molecule is O=CCCC(=O)Oc1cccc(S(=O)O)c1. The molecule has 0 fully saturated rings. The average Bonchev–Trinajstić information content (AvgIpc) is 2.26. The van der Waals surface area contributed by atoms with Crippen LogP contribution in [-0.4, -0.2) is 21.0 Å². The van der Waals surface area contributed by atoms with Crippen molar-refractivity contribution in [3.05, 3.63) is 24.3 Å². The Labute approximate surface area is 94.7 Å². The van der Waals surface area contributed by atoms with E-state index in [9.17, 15) is 13.8 Å². The van der Waals surface area contributed by atoms with Crippen molar-refractivity contribution in [3.8, 4) is 5.75 Å². The van der Waals surface area contributed by atoms with Gasteiger partial charge in [0.25, 0.3) is 0 Å². The summed E-state index contributed by atoms with van der Waals surface area (Å²) < 4.78 is 24.4. The first-order chi connectivity index (χ1) is 7.63. The Morgan fingerprint density at radius 3 is 2.88 bits per heavy atom. The molecule has 0 spiro atoms. The zero-order valence-electron chi connectivity index (χ0n) is 8.29. The van der Waals surface area contributed by atoms with Crippen molar-refractivity contribution in [1.29, 1.82) is 0 Å². The van der Waals surface area contributed by atoms with E-state index in [1.54, 1.807) is 0 Å². The van der Waals surface area contributed by atoms with Crippen molar-refractivity contribution in [3.63, 3.8) is 0 Å². The maximum atomic E-state index is 11.1. The molecule has 0 amide bonds. The van der Waals surface area contributed by atoms with Crippen LogP contribution >= 0.6 is 0 Å². The van der Waals surface area contributed by atoms with Gasteiger partial charge in [0, 0.05) is 6.42 Å². The van der Waals surface area contributed by atoms with Crippen LogP contribution in [0.4, 0.5) is 0 Å². The van der Waals surface area contributed by atoms with Crippen molar-refractivity contribution in [2.24, 2.45) is 0 Å². The molecule has 0 aliphatic rings. The Hall–Kier alpha value is -1.53. The van der Waals surface area contributed by atoms with Crippen molar-refractivity contribution in [2.45, 2.75) is 17.7 Å². The number of ether oxygens (including phenoxy) is 1. The topological polar surface area (TPSA) is 80.7 Å². The van der Waals surface area contributed by atoms with Crippen LogP contribution < -0.4 is 4.74 Å². The first-order valence-corrected chi connectivity index (χ1v) is 5.59. The highest BCUT2D eigenvalue weighted by molar-refractivity contribution is 7.79. The molecular weight excluding hydrogens is 232 g/mol. The Kier molecular flexibility index (Phi) is 4.81. The van der Waals surface area contributed by atoms with E-state index in [1.807, 2.05) is 0 Å². The summed E-state index contributed by atoms with van der Waals surface area (Å²) in [5.41, 5.74) is 0.